The van der Waals surface area contributed by atoms with Crippen molar-refractivity contribution in [1.29, 1.82) is 0 Å². The van der Waals surface area contributed by atoms with Gasteiger partial charge in [-0.05, 0) is 42.7 Å². The van der Waals surface area contributed by atoms with Crippen LogP contribution in [0, 0.1) is 6.92 Å². The fourth-order valence-electron chi connectivity index (χ4n) is 2.73. The van der Waals surface area contributed by atoms with Gasteiger partial charge in [-0.15, -0.1) is 0 Å². The van der Waals surface area contributed by atoms with Gasteiger partial charge in [-0.25, -0.2) is 4.98 Å². The summed E-state index contributed by atoms with van der Waals surface area (Å²) in [5.41, 5.74) is 3.99. The largest absolute Gasteiger partial charge is 0.497 e. The second-order valence-electron chi connectivity index (χ2n) is 6.10. The molecule has 0 spiro atoms. The van der Waals surface area contributed by atoms with Crippen molar-refractivity contribution in [2.24, 2.45) is 0 Å². The van der Waals surface area contributed by atoms with Crippen molar-refractivity contribution in [3.05, 3.63) is 70.2 Å². The zero-order chi connectivity index (χ0) is 19.2. The number of benzene rings is 2. The van der Waals surface area contributed by atoms with Crippen molar-refractivity contribution < 1.29 is 9.53 Å². The van der Waals surface area contributed by atoms with E-state index in [0.717, 1.165) is 34.2 Å². The number of carbonyl (C=O) groups excluding carboxylic acids is 1. The maximum Gasteiger partial charge on any atom is 0.263 e. The third-order valence-electron chi connectivity index (χ3n) is 4.25. The summed E-state index contributed by atoms with van der Waals surface area (Å²) in [6, 6.07) is 15.8. The molecule has 0 atom stereocenters. The summed E-state index contributed by atoms with van der Waals surface area (Å²) >= 11 is 1.37. The molecule has 27 heavy (non-hydrogen) atoms. The van der Waals surface area contributed by atoms with Crippen LogP contribution < -0.4 is 15.4 Å². The minimum absolute atomic E-state index is 0.113. The first-order valence-corrected chi connectivity index (χ1v) is 9.65. The Kier molecular flexibility index (Phi) is 6.08. The summed E-state index contributed by atoms with van der Waals surface area (Å²) in [6.45, 7) is 4.43. The standard InChI is InChI=1S/C21H23N3O2S/c1-4-16-7-5-6-8-18(16)24-21-23-14(2)19(27-21)20(25)22-13-15-9-11-17(26-3)12-10-15/h5-12H,4,13H2,1-3H3,(H,22,25)(H,23,24). The second-order valence-corrected chi connectivity index (χ2v) is 7.10. The summed E-state index contributed by atoms with van der Waals surface area (Å²) in [5, 5.41) is 7.02. The number of nitrogens with one attached hydrogen (secondary N) is 2. The SMILES string of the molecule is CCc1ccccc1Nc1nc(C)c(C(=O)NCc2ccc(OC)cc2)s1. The molecule has 0 saturated carbocycles. The Labute approximate surface area is 163 Å². The monoisotopic (exact) mass is 381 g/mol. The molecule has 3 rings (SSSR count). The van der Waals surface area contributed by atoms with Crippen molar-refractivity contribution in [1.82, 2.24) is 10.3 Å². The number of hydrogen-bond donors (Lipinski definition) is 2. The summed E-state index contributed by atoms with van der Waals surface area (Å²) < 4.78 is 5.15. The van der Waals surface area contributed by atoms with E-state index in [2.05, 4.69) is 28.6 Å². The maximum atomic E-state index is 12.6. The quantitative estimate of drug-likeness (QED) is 0.623. The lowest BCUT2D eigenvalue weighted by Crippen LogP contribution is -2.22. The number of thiazole rings is 1. The number of amides is 1. The Morgan fingerprint density at radius 2 is 1.89 bits per heavy atom. The summed E-state index contributed by atoms with van der Waals surface area (Å²) in [6.07, 6.45) is 0.933. The molecule has 0 saturated heterocycles. The predicted octanol–water partition coefficient (Wildman–Crippen LogP) is 4.70. The number of anilines is 2. The molecule has 2 N–H and O–H groups in total. The molecule has 5 nitrogen and oxygen atoms in total. The lowest BCUT2D eigenvalue weighted by atomic mass is 10.1. The highest BCUT2D eigenvalue weighted by molar-refractivity contribution is 7.17. The fourth-order valence-corrected chi connectivity index (χ4v) is 3.63. The van der Waals surface area contributed by atoms with Crippen LogP contribution in [0.4, 0.5) is 10.8 Å². The van der Waals surface area contributed by atoms with Crippen LogP contribution in [-0.2, 0) is 13.0 Å². The van der Waals surface area contributed by atoms with Gasteiger partial charge in [0.05, 0.1) is 12.8 Å². The van der Waals surface area contributed by atoms with Crippen LogP contribution in [0.5, 0.6) is 5.75 Å². The number of nitrogens with zero attached hydrogens (tertiary/aromatic N) is 1. The fraction of sp³-hybridized carbons (Fsp3) is 0.238. The molecule has 0 bridgehead atoms. The van der Waals surface area contributed by atoms with Gasteiger partial charge in [0.15, 0.2) is 5.13 Å². The lowest BCUT2D eigenvalue weighted by Gasteiger charge is -2.07. The highest BCUT2D eigenvalue weighted by Gasteiger charge is 2.15. The molecule has 0 unspecified atom stereocenters. The van der Waals surface area contributed by atoms with E-state index in [1.165, 1.54) is 16.9 Å². The Bertz CT molecular complexity index is 919. The van der Waals surface area contributed by atoms with Gasteiger partial charge in [0.2, 0.25) is 0 Å². The molecule has 0 aliphatic rings. The molecule has 6 heteroatoms. The molecule has 0 aliphatic carbocycles. The van der Waals surface area contributed by atoms with E-state index in [9.17, 15) is 4.79 Å². The molecule has 3 aromatic rings. The number of ether oxygens (including phenoxy) is 1. The third kappa shape index (κ3) is 4.65. The minimum Gasteiger partial charge on any atom is -0.497 e. The molecule has 0 radical (unpaired) electrons. The molecule has 1 heterocycles. The van der Waals surface area contributed by atoms with Crippen LogP contribution in [-0.4, -0.2) is 18.0 Å². The highest BCUT2D eigenvalue weighted by atomic mass is 32.1. The minimum atomic E-state index is -0.113. The molecule has 140 valence electrons. The van der Waals surface area contributed by atoms with Gasteiger partial charge in [-0.2, -0.15) is 0 Å². The number of carbonyl (C=O) groups is 1. The Morgan fingerprint density at radius 1 is 1.15 bits per heavy atom. The first-order valence-electron chi connectivity index (χ1n) is 8.84. The van der Waals surface area contributed by atoms with Crippen LogP contribution in [0.15, 0.2) is 48.5 Å². The molecule has 1 amide bonds. The van der Waals surface area contributed by atoms with Crippen LogP contribution >= 0.6 is 11.3 Å². The van der Waals surface area contributed by atoms with Gasteiger partial charge < -0.3 is 15.4 Å². The van der Waals surface area contributed by atoms with E-state index in [1.54, 1.807) is 7.11 Å². The summed E-state index contributed by atoms with van der Waals surface area (Å²) in [5.74, 6) is 0.684. The van der Waals surface area contributed by atoms with Gasteiger partial charge >= 0.3 is 0 Å². The van der Waals surface area contributed by atoms with Gasteiger partial charge in [-0.1, -0.05) is 48.6 Å². The number of aromatic nitrogens is 1. The predicted molar refractivity (Wildman–Crippen MR) is 110 cm³/mol. The number of methoxy groups -OCH3 is 1. The van der Waals surface area contributed by atoms with Crippen molar-refractivity contribution >= 4 is 28.1 Å². The van der Waals surface area contributed by atoms with E-state index in [1.807, 2.05) is 49.4 Å². The van der Waals surface area contributed by atoms with Crippen LogP contribution in [0.25, 0.3) is 0 Å². The zero-order valence-corrected chi connectivity index (χ0v) is 16.5. The van der Waals surface area contributed by atoms with Crippen molar-refractivity contribution in [3.8, 4) is 5.75 Å². The number of aryl methyl sites for hydroxylation is 2. The number of hydrogen-bond acceptors (Lipinski definition) is 5. The van der Waals surface area contributed by atoms with Crippen molar-refractivity contribution in [3.63, 3.8) is 0 Å². The van der Waals surface area contributed by atoms with Crippen LogP contribution in [0.3, 0.4) is 0 Å². The van der Waals surface area contributed by atoms with Gasteiger partial charge in [0.1, 0.15) is 10.6 Å². The first kappa shape index (κ1) is 18.9. The molecular formula is C21H23N3O2S. The second kappa shape index (κ2) is 8.68. The Hall–Kier alpha value is -2.86. The van der Waals surface area contributed by atoms with Crippen LogP contribution in [0.2, 0.25) is 0 Å². The molecule has 0 fully saturated rings. The molecule has 2 aromatic carbocycles. The summed E-state index contributed by atoms with van der Waals surface area (Å²) in [4.78, 5) is 17.7. The average Bonchev–Trinajstić information content (AvgIpc) is 3.07. The van der Waals surface area contributed by atoms with E-state index in [-0.39, 0.29) is 5.91 Å². The maximum absolute atomic E-state index is 12.6. The normalized spacial score (nSPS) is 10.5. The van der Waals surface area contributed by atoms with Crippen LogP contribution in [0.1, 0.15) is 33.4 Å². The summed E-state index contributed by atoms with van der Waals surface area (Å²) in [7, 11) is 1.63. The first-order chi connectivity index (χ1) is 13.1. The van der Waals surface area contributed by atoms with E-state index in [4.69, 9.17) is 4.74 Å². The Morgan fingerprint density at radius 3 is 2.59 bits per heavy atom. The van der Waals surface area contributed by atoms with E-state index in [0.29, 0.717) is 11.4 Å². The van der Waals surface area contributed by atoms with Crippen molar-refractivity contribution in [2.45, 2.75) is 26.8 Å². The van der Waals surface area contributed by atoms with Gasteiger partial charge in [-0.3, -0.25) is 4.79 Å². The van der Waals surface area contributed by atoms with Gasteiger partial charge in [0, 0.05) is 12.2 Å². The van der Waals surface area contributed by atoms with E-state index >= 15 is 0 Å². The van der Waals surface area contributed by atoms with Crippen molar-refractivity contribution in [2.75, 3.05) is 12.4 Å². The Balaban J connectivity index is 1.67. The molecule has 1 aromatic heterocycles. The zero-order valence-electron chi connectivity index (χ0n) is 15.7. The average molecular weight is 382 g/mol. The number of para-hydroxylation sites is 1. The highest BCUT2D eigenvalue weighted by Crippen LogP contribution is 2.27. The molecular weight excluding hydrogens is 358 g/mol. The van der Waals surface area contributed by atoms with Gasteiger partial charge in [0.25, 0.3) is 5.91 Å². The topological polar surface area (TPSA) is 63.2 Å². The number of rotatable bonds is 7. The van der Waals surface area contributed by atoms with E-state index < -0.39 is 0 Å². The smallest absolute Gasteiger partial charge is 0.263 e. The third-order valence-corrected chi connectivity index (χ3v) is 5.33. The lowest BCUT2D eigenvalue weighted by molar-refractivity contribution is 0.0954. The molecule has 0 aliphatic heterocycles.